The van der Waals surface area contributed by atoms with E-state index < -0.39 is 0 Å². The monoisotopic (exact) mass is 313 g/mol. The molecule has 0 saturated carbocycles. The average Bonchev–Trinajstić information content (AvgIpc) is 3.19. The number of furan rings is 1. The second-order valence-electron chi connectivity index (χ2n) is 5.28. The highest BCUT2D eigenvalue weighted by molar-refractivity contribution is 7.26. The molecule has 0 radical (unpaired) electrons. The summed E-state index contributed by atoms with van der Waals surface area (Å²) in [6.45, 7) is 4.68. The van der Waals surface area contributed by atoms with Gasteiger partial charge in [-0.05, 0) is 31.5 Å². The molecule has 0 aliphatic heterocycles. The van der Waals surface area contributed by atoms with Gasteiger partial charge < -0.3 is 9.73 Å². The minimum Gasteiger partial charge on any atom is -0.467 e. The van der Waals surface area contributed by atoms with E-state index in [-0.39, 0.29) is 0 Å². The van der Waals surface area contributed by atoms with Gasteiger partial charge in [0.25, 0.3) is 0 Å². The molecule has 0 aliphatic carbocycles. The van der Waals surface area contributed by atoms with Gasteiger partial charge in [0.2, 0.25) is 0 Å². The average molecular weight is 313 g/mol. The molecule has 22 heavy (non-hydrogen) atoms. The molecule has 4 aromatic heterocycles. The Bertz CT molecular complexity index is 967. The van der Waals surface area contributed by atoms with E-state index in [1.165, 1.54) is 0 Å². The Balaban J connectivity index is 1.85. The van der Waals surface area contributed by atoms with Gasteiger partial charge in [-0.3, -0.25) is 4.68 Å². The molecule has 6 nitrogen and oxygen atoms in total. The minimum atomic E-state index is 0.608. The van der Waals surface area contributed by atoms with Crippen molar-refractivity contribution in [2.75, 3.05) is 5.32 Å². The molecule has 0 aromatic carbocycles. The minimum absolute atomic E-state index is 0.608. The van der Waals surface area contributed by atoms with Gasteiger partial charge in [-0.25, -0.2) is 0 Å². The number of hydrogen-bond acceptors (Lipinski definition) is 6. The van der Waals surface area contributed by atoms with E-state index in [0.717, 1.165) is 43.3 Å². The van der Waals surface area contributed by atoms with Crippen LogP contribution in [0.2, 0.25) is 0 Å². The first kappa shape index (κ1) is 13.3. The van der Waals surface area contributed by atoms with E-state index in [0.29, 0.717) is 6.54 Å². The lowest BCUT2D eigenvalue weighted by Gasteiger charge is -2.00. The number of aromatic nitrogens is 4. The predicted molar refractivity (Wildman–Crippen MR) is 87.2 cm³/mol. The summed E-state index contributed by atoms with van der Waals surface area (Å²) >= 11 is 1.62. The first-order valence-electron chi connectivity index (χ1n) is 7.00. The number of anilines is 1. The molecule has 0 bridgehead atoms. The third-order valence-corrected chi connectivity index (χ3v) is 4.94. The Morgan fingerprint density at radius 2 is 2.18 bits per heavy atom. The van der Waals surface area contributed by atoms with Crippen LogP contribution in [0.4, 0.5) is 5.82 Å². The van der Waals surface area contributed by atoms with Crippen molar-refractivity contribution in [2.45, 2.75) is 20.4 Å². The Kier molecular flexibility index (Phi) is 2.90. The van der Waals surface area contributed by atoms with Crippen molar-refractivity contribution in [2.24, 2.45) is 7.05 Å². The third kappa shape index (κ3) is 1.89. The third-order valence-electron chi connectivity index (χ3n) is 3.87. The zero-order valence-electron chi connectivity index (χ0n) is 12.5. The second kappa shape index (κ2) is 4.81. The van der Waals surface area contributed by atoms with Gasteiger partial charge in [0, 0.05) is 12.4 Å². The lowest BCUT2D eigenvalue weighted by molar-refractivity contribution is 0.517. The van der Waals surface area contributed by atoms with E-state index in [1.54, 1.807) is 17.6 Å². The molecule has 0 fully saturated rings. The fourth-order valence-electron chi connectivity index (χ4n) is 2.61. The fourth-order valence-corrected chi connectivity index (χ4v) is 3.78. The van der Waals surface area contributed by atoms with Crippen LogP contribution in [-0.4, -0.2) is 20.0 Å². The van der Waals surface area contributed by atoms with Gasteiger partial charge >= 0.3 is 0 Å². The van der Waals surface area contributed by atoms with Crippen LogP contribution in [0.15, 0.2) is 22.8 Å². The first-order chi connectivity index (χ1) is 10.6. The number of aryl methyl sites for hydroxylation is 3. The maximum atomic E-state index is 5.35. The number of nitrogens with zero attached hydrogens (tertiary/aromatic N) is 4. The van der Waals surface area contributed by atoms with Gasteiger partial charge in [0.15, 0.2) is 5.82 Å². The van der Waals surface area contributed by atoms with Gasteiger partial charge in [0.1, 0.15) is 10.6 Å². The molecule has 4 aromatic rings. The van der Waals surface area contributed by atoms with Crippen LogP contribution < -0.4 is 5.32 Å². The Morgan fingerprint density at radius 1 is 1.32 bits per heavy atom. The molecule has 0 atom stereocenters. The summed E-state index contributed by atoms with van der Waals surface area (Å²) in [7, 11) is 1.96. The highest BCUT2D eigenvalue weighted by Gasteiger charge is 2.18. The Hall–Kier alpha value is -2.41. The van der Waals surface area contributed by atoms with Gasteiger partial charge in [0.05, 0.1) is 28.7 Å². The molecule has 1 N–H and O–H groups in total. The summed E-state index contributed by atoms with van der Waals surface area (Å²) < 4.78 is 8.37. The molecule has 112 valence electrons. The number of fused-ring (bicyclic) bond motifs is 3. The van der Waals surface area contributed by atoms with Crippen molar-refractivity contribution in [3.63, 3.8) is 0 Å². The SMILES string of the molecule is Cc1nnc2sc3c(NCc4ccco4)nn(C)c3c2c1C. The van der Waals surface area contributed by atoms with Gasteiger partial charge in [-0.15, -0.1) is 16.4 Å². The zero-order chi connectivity index (χ0) is 15.3. The Labute approximate surface area is 130 Å². The molecule has 4 heterocycles. The largest absolute Gasteiger partial charge is 0.467 e. The smallest absolute Gasteiger partial charge is 0.166 e. The van der Waals surface area contributed by atoms with Crippen LogP contribution in [-0.2, 0) is 13.6 Å². The quantitative estimate of drug-likeness (QED) is 0.628. The van der Waals surface area contributed by atoms with Crippen molar-refractivity contribution < 1.29 is 4.42 Å². The van der Waals surface area contributed by atoms with Crippen LogP contribution in [0.1, 0.15) is 17.0 Å². The van der Waals surface area contributed by atoms with E-state index in [9.17, 15) is 0 Å². The van der Waals surface area contributed by atoms with Crippen molar-refractivity contribution in [1.82, 2.24) is 20.0 Å². The summed E-state index contributed by atoms with van der Waals surface area (Å²) in [5, 5.41) is 17.6. The molecule has 0 saturated heterocycles. The standard InChI is InChI=1S/C15H15N5OS/c1-8-9(2)17-18-15-11(8)12-13(22-15)14(19-20(12)3)16-7-10-5-4-6-21-10/h4-6H,7H2,1-3H3,(H,16,19). The summed E-state index contributed by atoms with van der Waals surface area (Å²) in [4.78, 5) is 0.951. The van der Waals surface area contributed by atoms with Crippen LogP contribution >= 0.6 is 11.3 Å². The van der Waals surface area contributed by atoms with E-state index in [2.05, 4.69) is 27.5 Å². The van der Waals surface area contributed by atoms with Crippen molar-refractivity contribution in [3.8, 4) is 0 Å². The fraction of sp³-hybridized carbons (Fsp3) is 0.267. The van der Waals surface area contributed by atoms with Crippen LogP contribution in [0.5, 0.6) is 0 Å². The van der Waals surface area contributed by atoms with Crippen LogP contribution in [0, 0.1) is 13.8 Å². The maximum Gasteiger partial charge on any atom is 0.166 e. The molecule has 0 aliphatic rings. The van der Waals surface area contributed by atoms with Crippen molar-refractivity contribution >= 4 is 37.6 Å². The van der Waals surface area contributed by atoms with Gasteiger partial charge in [-0.1, -0.05) is 0 Å². The first-order valence-corrected chi connectivity index (χ1v) is 7.82. The number of nitrogens with one attached hydrogen (secondary N) is 1. The Morgan fingerprint density at radius 3 is 2.95 bits per heavy atom. The zero-order valence-corrected chi connectivity index (χ0v) is 13.4. The molecule has 7 heteroatoms. The molecular weight excluding hydrogens is 298 g/mol. The lowest BCUT2D eigenvalue weighted by atomic mass is 10.1. The van der Waals surface area contributed by atoms with Crippen LogP contribution in [0.25, 0.3) is 20.4 Å². The van der Waals surface area contributed by atoms with Crippen molar-refractivity contribution in [1.29, 1.82) is 0 Å². The molecule has 0 unspecified atom stereocenters. The topological polar surface area (TPSA) is 68.8 Å². The van der Waals surface area contributed by atoms with E-state index in [4.69, 9.17) is 4.42 Å². The van der Waals surface area contributed by atoms with Crippen LogP contribution in [0.3, 0.4) is 0 Å². The normalized spacial score (nSPS) is 11.6. The number of thiophene rings is 1. The molecular formula is C15H15N5OS. The van der Waals surface area contributed by atoms with E-state index >= 15 is 0 Å². The summed E-state index contributed by atoms with van der Waals surface area (Å²) in [6, 6.07) is 3.82. The highest BCUT2D eigenvalue weighted by Crippen LogP contribution is 2.38. The van der Waals surface area contributed by atoms with E-state index in [1.807, 2.05) is 30.8 Å². The summed E-state index contributed by atoms with van der Waals surface area (Å²) in [5.41, 5.74) is 3.23. The molecule has 4 rings (SSSR count). The predicted octanol–water partition coefficient (Wildman–Crippen LogP) is 3.40. The second-order valence-corrected chi connectivity index (χ2v) is 6.27. The summed E-state index contributed by atoms with van der Waals surface area (Å²) in [6.07, 6.45) is 1.67. The molecule has 0 amide bonds. The number of rotatable bonds is 3. The highest BCUT2D eigenvalue weighted by atomic mass is 32.1. The van der Waals surface area contributed by atoms with Gasteiger partial charge in [-0.2, -0.15) is 10.2 Å². The maximum absolute atomic E-state index is 5.35. The number of hydrogen-bond donors (Lipinski definition) is 1. The summed E-state index contributed by atoms with van der Waals surface area (Å²) in [5.74, 6) is 1.74. The molecule has 0 spiro atoms. The lowest BCUT2D eigenvalue weighted by Crippen LogP contribution is -2.00. The van der Waals surface area contributed by atoms with Crippen molar-refractivity contribution in [3.05, 3.63) is 35.4 Å².